The average molecular weight is 440 g/mol. The maximum Gasteiger partial charge on any atom is 0.143 e. The summed E-state index contributed by atoms with van der Waals surface area (Å²) in [6, 6.07) is 27.0. The van der Waals surface area contributed by atoms with E-state index in [2.05, 4.69) is 87.5 Å². The second-order valence-corrected chi connectivity index (χ2v) is 9.61. The standard InChI is InChI=1S/C29H33N3O/c1-2-8-27-24(7-1)22-33-29-10-4-3-9-28(29)32(27)26-16-20-30(21-26)19-15-23-11-13-25(14-12-23)31-17-5-6-18-31/h1-4,7-14,26H,5-6,15-22H2. The first-order valence-electron chi connectivity index (χ1n) is 12.5. The van der Waals surface area contributed by atoms with Gasteiger partial charge in [-0.1, -0.05) is 42.5 Å². The van der Waals surface area contributed by atoms with E-state index in [4.69, 9.17) is 4.74 Å². The van der Waals surface area contributed by atoms with Crippen molar-refractivity contribution in [3.63, 3.8) is 0 Å². The predicted octanol–water partition coefficient (Wildman–Crippen LogP) is 5.63. The lowest BCUT2D eigenvalue weighted by molar-refractivity contribution is 0.310. The Kier molecular flexibility index (Phi) is 5.69. The van der Waals surface area contributed by atoms with Crippen LogP contribution in [0.2, 0.25) is 0 Å². The van der Waals surface area contributed by atoms with Crippen molar-refractivity contribution in [2.24, 2.45) is 0 Å². The van der Waals surface area contributed by atoms with Crippen LogP contribution >= 0.6 is 0 Å². The van der Waals surface area contributed by atoms with Gasteiger partial charge >= 0.3 is 0 Å². The van der Waals surface area contributed by atoms with Crippen LogP contribution < -0.4 is 14.5 Å². The van der Waals surface area contributed by atoms with Gasteiger partial charge < -0.3 is 19.4 Å². The summed E-state index contributed by atoms with van der Waals surface area (Å²) in [6.07, 6.45) is 4.95. The summed E-state index contributed by atoms with van der Waals surface area (Å²) in [7, 11) is 0. The molecule has 0 radical (unpaired) electrons. The van der Waals surface area contributed by atoms with E-state index in [1.54, 1.807) is 0 Å². The Morgan fingerprint density at radius 1 is 0.788 bits per heavy atom. The van der Waals surface area contributed by atoms with Crippen LogP contribution in [0, 0.1) is 0 Å². The van der Waals surface area contributed by atoms with E-state index in [1.165, 1.54) is 60.5 Å². The Morgan fingerprint density at radius 3 is 2.39 bits per heavy atom. The zero-order valence-electron chi connectivity index (χ0n) is 19.3. The number of likely N-dealkylation sites (tertiary alicyclic amines) is 1. The molecule has 6 rings (SSSR count). The third kappa shape index (κ3) is 4.20. The molecule has 4 heteroatoms. The van der Waals surface area contributed by atoms with Crippen LogP contribution in [0.1, 0.15) is 30.4 Å². The minimum absolute atomic E-state index is 0.464. The Bertz CT molecular complexity index is 1040. The fourth-order valence-corrected chi connectivity index (χ4v) is 5.69. The Labute approximate surface area is 197 Å². The third-order valence-electron chi connectivity index (χ3n) is 7.50. The highest BCUT2D eigenvalue weighted by Crippen LogP contribution is 2.42. The number of hydrogen-bond acceptors (Lipinski definition) is 4. The first-order valence-corrected chi connectivity index (χ1v) is 12.5. The first-order chi connectivity index (χ1) is 16.3. The van der Waals surface area contributed by atoms with E-state index in [1.807, 2.05) is 0 Å². The fraction of sp³-hybridized carbons (Fsp3) is 0.379. The smallest absolute Gasteiger partial charge is 0.143 e. The van der Waals surface area contributed by atoms with Gasteiger partial charge in [-0.3, -0.25) is 0 Å². The number of anilines is 3. The van der Waals surface area contributed by atoms with Gasteiger partial charge in [-0.15, -0.1) is 0 Å². The molecular weight excluding hydrogens is 406 g/mol. The topological polar surface area (TPSA) is 19.0 Å². The summed E-state index contributed by atoms with van der Waals surface area (Å²) in [5.74, 6) is 0.991. The lowest BCUT2D eigenvalue weighted by atomic mass is 10.1. The first kappa shape index (κ1) is 20.6. The monoisotopic (exact) mass is 439 g/mol. The van der Waals surface area contributed by atoms with Crippen molar-refractivity contribution in [2.45, 2.75) is 38.3 Å². The fourth-order valence-electron chi connectivity index (χ4n) is 5.69. The number of hydrogen-bond donors (Lipinski definition) is 0. The molecule has 1 unspecified atom stereocenters. The number of ether oxygens (including phenoxy) is 1. The van der Waals surface area contributed by atoms with Gasteiger partial charge in [0, 0.05) is 55.7 Å². The number of benzene rings is 3. The zero-order valence-corrected chi connectivity index (χ0v) is 19.3. The van der Waals surface area contributed by atoms with E-state index in [0.717, 1.165) is 31.8 Å². The van der Waals surface area contributed by atoms with Gasteiger partial charge in [-0.25, -0.2) is 0 Å². The molecule has 170 valence electrons. The van der Waals surface area contributed by atoms with Crippen molar-refractivity contribution in [2.75, 3.05) is 42.5 Å². The van der Waals surface area contributed by atoms with Crippen molar-refractivity contribution in [1.82, 2.24) is 4.90 Å². The normalized spacial score (nSPS) is 20.3. The molecule has 0 aromatic heterocycles. The van der Waals surface area contributed by atoms with Crippen molar-refractivity contribution in [1.29, 1.82) is 0 Å². The van der Waals surface area contributed by atoms with E-state index in [9.17, 15) is 0 Å². The minimum atomic E-state index is 0.464. The SMILES string of the molecule is c1ccc2c(c1)COc1ccccc1N2C1CCN(CCc2ccc(N3CCCC3)cc2)C1. The van der Waals surface area contributed by atoms with Gasteiger partial charge in [0.25, 0.3) is 0 Å². The van der Waals surface area contributed by atoms with Gasteiger partial charge in [-0.05, 0) is 61.6 Å². The Balaban J connectivity index is 1.14. The van der Waals surface area contributed by atoms with Gasteiger partial charge in [-0.2, -0.15) is 0 Å². The van der Waals surface area contributed by atoms with Crippen LogP contribution in [0.4, 0.5) is 17.1 Å². The molecule has 3 aromatic carbocycles. The summed E-state index contributed by atoms with van der Waals surface area (Å²) >= 11 is 0. The van der Waals surface area contributed by atoms with Crippen LogP contribution in [0.25, 0.3) is 0 Å². The second kappa shape index (κ2) is 9.11. The molecule has 1 atom stereocenters. The second-order valence-electron chi connectivity index (χ2n) is 9.61. The molecular formula is C29H33N3O. The lowest BCUT2D eigenvalue weighted by Crippen LogP contribution is -2.35. The Hall–Kier alpha value is -2.98. The van der Waals surface area contributed by atoms with Crippen molar-refractivity contribution < 1.29 is 4.74 Å². The molecule has 0 saturated carbocycles. The molecule has 0 N–H and O–H groups in total. The molecule has 3 aromatic rings. The maximum absolute atomic E-state index is 6.18. The zero-order chi connectivity index (χ0) is 22.0. The summed E-state index contributed by atoms with van der Waals surface area (Å²) < 4.78 is 6.18. The molecule has 2 saturated heterocycles. The number of para-hydroxylation sites is 3. The predicted molar refractivity (Wildman–Crippen MR) is 136 cm³/mol. The quantitative estimate of drug-likeness (QED) is 0.512. The molecule has 3 aliphatic rings. The minimum Gasteiger partial charge on any atom is -0.487 e. The molecule has 0 bridgehead atoms. The van der Waals surface area contributed by atoms with Crippen molar-refractivity contribution in [3.05, 3.63) is 83.9 Å². The van der Waals surface area contributed by atoms with E-state index in [0.29, 0.717) is 12.6 Å². The van der Waals surface area contributed by atoms with E-state index in [-0.39, 0.29) is 0 Å². The largest absolute Gasteiger partial charge is 0.487 e. The molecule has 2 fully saturated rings. The van der Waals surface area contributed by atoms with Crippen LogP contribution in [0.3, 0.4) is 0 Å². The molecule has 3 aliphatic heterocycles. The molecule has 4 nitrogen and oxygen atoms in total. The Morgan fingerprint density at radius 2 is 1.55 bits per heavy atom. The summed E-state index contributed by atoms with van der Waals surface area (Å²) in [6.45, 7) is 6.41. The van der Waals surface area contributed by atoms with Gasteiger partial charge in [0.2, 0.25) is 0 Å². The highest BCUT2D eigenvalue weighted by molar-refractivity contribution is 5.73. The number of nitrogens with zero attached hydrogens (tertiary/aromatic N) is 3. The van der Waals surface area contributed by atoms with Crippen LogP contribution in [-0.4, -0.2) is 43.7 Å². The molecule has 0 amide bonds. The number of rotatable bonds is 5. The van der Waals surface area contributed by atoms with Crippen LogP contribution in [0.5, 0.6) is 5.75 Å². The van der Waals surface area contributed by atoms with Crippen molar-refractivity contribution in [3.8, 4) is 5.75 Å². The summed E-state index contributed by atoms with van der Waals surface area (Å²) in [4.78, 5) is 7.69. The molecule has 0 spiro atoms. The molecule has 3 heterocycles. The van der Waals surface area contributed by atoms with E-state index >= 15 is 0 Å². The highest BCUT2D eigenvalue weighted by Gasteiger charge is 2.32. The third-order valence-corrected chi connectivity index (χ3v) is 7.50. The van der Waals surface area contributed by atoms with Crippen LogP contribution in [0.15, 0.2) is 72.8 Å². The van der Waals surface area contributed by atoms with Gasteiger partial charge in [0.05, 0.1) is 5.69 Å². The summed E-state index contributed by atoms with van der Waals surface area (Å²) in [5, 5.41) is 0. The van der Waals surface area contributed by atoms with Crippen LogP contribution in [-0.2, 0) is 13.0 Å². The van der Waals surface area contributed by atoms with Crippen molar-refractivity contribution >= 4 is 17.1 Å². The maximum atomic E-state index is 6.18. The van der Waals surface area contributed by atoms with Gasteiger partial charge in [0.1, 0.15) is 12.4 Å². The van der Waals surface area contributed by atoms with E-state index < -0.39 is 0 Å². The lowest BCUT2D eigenvalue weighted by Gasteiger charge is -2.32. The summed E-state index contributed by atoms with van der Waals surface area (Å²) in [5.41, 5.74) is 6.60. The molecule has 0 aliphatic carbocycles. The number of fused-ring (bicyclic) bond motifs is 2. The average Bonchev–Trinajstić information content (AvgIpc) is 3.53. The highest BCUT2D eigenvalue weighted by atomic mass is 16.5. The van der Waals surface area contributed by atoms with Gasteiger partial charge in [0.15, 0.2) is 0 Å². The molecule has 33 heavy (non-hydrogen) atoms.